The van der Waals surface area contributed by atoms with Gasteiger partial charge in [-0.2, -0.15) is 0 Å². The molecule has 0 bridgehead atoms. The summed E-state index contributed by atoms with van der Waals surface area (Å²) < 4.78 is 0. The van der Waals surface area contributed by atoms with Crippen LogP contribution in [0.5, 0.6) is 0 Å². The molecule has 0 saturated carbocycles. The van der Waals surface area contributed by atoms with Crippen LogP contribution in [0, 0.1) is 11.3 Å². The fraction of sp³-hybridized carbons (Fsp3) is 1.00. The third kappa shape index (κ3) is 10.7. The van der Waals surface area contributed by atoms with Crippen molar-refractivity contribution in [2.75, 3.05) is 20.1 Å². The lowest BCUT2D eigenvalue weighted by Gasteiger charge is -2.34. The Hall–Kier alpha value is -0.0400. The van der Waals surface area contributed by atoms with Gasteiger partial charge in [0.05, 0.1) is 0 Å². The van der Waals surface area contributed by atoms with E-state index in [2.05, 4.69) is 46.6 Å². The van der Waals surface area contributed by atoms with Gasteiger partial charge < -0.3 is 4.90 Å². The second-order valence-corrected chi connectivity index (χ2v) is 7.65. The first kappa shape index (κ1) is 20.0. The summed E-state index contributed by atoms with van der Waals surface area (Å²) in [5.41, 5.74) is 0.537. The molecule has 0 radical (unpaired) electrons. The number of hydrogen-bond acceptors (Lipinski definition) is 1. The Morgan fingerprint density at radius 1 is 0.900 bits per heavy atom. The normalized spacial score (nSPS) is 15.0. The van der Waals surface area contributed by atoms with Crippen LogP contribution in [0.2, 0.25) is 0 Å². The second-order valence-electron chi connectivity index (χ2n) is 7.65. The summed E-state index contributed by atoms with van der Waals surface area (Å²) in [6.45, 7) is 14.3. The predicted octanol–water partition coefficient (Wildman–Crippen LogP) is 6.13. The molecule has 0 fully saturated rings. The van der Waals surface area contributed by atoms with Gasteiger partial charge >= 0.3 is 0 Å². The van der Waals surface area contributed by atoms with E-state index in [4.69, 9.17) is 0 Å². The third-order valence-corrected chi connectivity index (χ3v) is 4.51. The predicted molar refractivity (Wildman–Crippen MR) is 93.3 cm³/mol. The van der Waals surface area contributed by atoms with E-state index in [1.807, 2.05) is 0 Å². The first-order chi connectivity index (χ1) is 9.43. The van der Waals surface area contributed by atoms with Gasteiger partial charge in [0.1, 0.15) is 0 Å². The SMILES string of the molecule is CCCCCCC(C)(CCCC)CN(C)CCC(C)C. The number of rotatable bonds is 13. The van der Waals surface area contributed by atoms with Crippen molar-refractivity contribution in [1.82, 2.24) is 4.90 Å². The first-order valence-corrected chi connectivity index (χ1v) is 9.12. The average Bonchev–Trinajstić information content (AvgIpc) is 2.39. The highest BCUT2D eigenvalue weighted by Crippen LogP contribution is 2.32. The van der Waals surface area contributed by atoms with Gasteiger partial charge in [-0.15, -0.1) is 0 Å². The first-order valence-electron chi connectivity index (χ1n) is 9.12. The standard InChI is InChI=1S/C19H41N/c1-7-9-11-12-15-19(5,14-10-8-2)17-20(6)16-13-18(3)4/h18H,7-17H2,1-6H3. The van der Waals surface area contributed by atoms with Crippen molar-refractivity contribution < 1.29 is 0 Å². The highest BCUT2D eigenvalue weighted by Gasteiger charge is 2.24. The largest absolute Gasteiger partial charge is 0.306 e. The van der Waals surface area contributed by atoms with Crippen LogP contribution in [0.4, 0.5) is 0 Å². The van der Waals surface area contributed by atoms with Crippen LogP contribution in [-0.4, -0.2) is 25.0 Å². The number of unbranched alkanes of at least 4 members (excludes halogenated alkanes) is 4. The van der Waals surface area contributed by atoms with E-state index in [0.29, 0.717) is 5.41 Å². The van der Waals surface area contributed by atoms with E-state index in [1.165, 1.54) is 70.9 Å². The lowest BCUT2D eigenvalue weighted by molar-refractivity contribution is 0.155. The molecule has 0 N–H and O–H groups in total. The molecule has 1 unspecified atom stereocenters. The van der Waals surface area contributed by atoms with Gasteiger partial charge in [-0.3, -0.25) is 0 Å². The Morgan fingerprint density at radius 2 is 1.50 bits per heavy atom. The van der Waals surface area contributed by atoms with E-state index in [1.54, 1.807) is 0 Å². The molecule has 0 saturated heterocycles. The van der Waals surface area contributed by atoms with E-state index < -0.39 is 0 Å². The molecule has 0 rings (SSSR count). The van der Waals surface area contributed by atoms with Crippen LogP contribution in [0.25, 0.3) is 0 Å². The maximum Gasteiger partial charge on any atom is 0.00323 e. The fourth-order valence-corrected chi connectivity index (χ4v) is 3.07. The summed E-state index contributed by atoms with van der Waals surface area (Å²) in [5.74, 6) is 0.823. The topological polar surface area (TPSA) is 3.24 Å². The van der Waals surface area contributed by atoms with Crippen molar-refractivity contribution in [2.45, 2.75) is 92.4 Å². The van der Waals surface area contributed by atoms with Crippen LogP contribution in [0.3, 0.4) is 0 Å². The molecule has 0 aromatic rings. The molecule has 20 heavy (non-hydrogen) atoms. The summed E-state index contributed by atoms with van der Waals surface area (Å²) in [4.78, 5) is 2.58. The zero-order valence-electron chi connectivity index (χ0n) is 15.3. The van der Waals surface area contributed by atoms with Crippen LogP contribution in [0.15, 0.2) is 0 Å². The average molecular weight is 284 g/mol. The Morgan fingerprint density at radius 3 is 2.05 bits per heavy atom. The van der Waals surface area contributed by atoms with Crippen LogP contribution >= 0.6 is 0 Å². The van der Waals surface area contributed by atoms with Gasteiger partial charge in [-0.1, -0.05) is 73.1 Å². The summed E-state index contributed by atoms with van der Waals surface area (Å²) in [5, 5.41) is 0. The fourth-order valence-electron chi connectivity index (χ4n) is 3.07. The van der Waals surface area contributed by atoms with E-state index in [0.717, 1.165) is 5.92 Å². The van der Waals surface area contributed by atoms with E-state index in [-0.39, 0.29) is 0 Å². The van der Waals surface area contributed by atoms with Crippen molar-refractivity contribution in [3.05, 3.63) is 0 Å². The molecule has 0 spiro atoms. The quantitative estimate of drug-likeness (QED) is 0.367. The molecule has 1 nitrogen and oxygen atoms in total. The van der Waals surface area contributed by atoms with Crippen molar-refractivity contribution in [3.8, 4) is 0 Å². The minimum Gasteiger partial charge on any atom is -0.306 e. The van der Waals surface area contributed by atoms with Gasteiger partial charge in [0.25, 0.3) is 0 Å². The molecule has 0 aliphatic heterocycles. The molecule has 0 heterocycles. The van der Waals surface area contributed by atoms with Crippen molar-refractivity contribution in [1.29, 1.82) is 0 Å². The van der Waals surface area contributed by atoms with Crippen LogP contribution < -0.4 is 0 Å². The molecule has 0 aliphatic carbocycles. The zero-order chi connectivity index (χ0) is 15.4. The lowest BCUT2D eigenvalue weighted by atomic mass is 9.79. The molecule has 1 atom stereocenters. The van der Waals surface area contributed by atoms with Gasteiger partial charge in [0.2, 0.25) is 0 Å². The zero-order valence-corrected chi connectivity index (χ0v) is 15.3. The smallest absolute Gasteiger partial charge is 0.00323 e. The minimum absolute atomic E-state index is 0.537. The maximum absolute atomic E-state index is 2.58. The summed E-state index contributed by atoms with van der Waals surface area (Å²) in [7, 11) is 2.32. The Balaban J connectivity index is 4.21. The van der Waals surface area contributed by atoms with Gasteiger partial charge in [-0.25, -0.2) is 0 Å². The summed E-state index contributed by atoms with van der Waals surface area (Å²) in [6, 6.07) is 0. The molecule has 0 aromatic heterocycles. The van der Waals surface area contributed by atoms with E-state index in [9.17, 15) is 0 Å². The summed E-state index contributed by atoms with van der Waals surface area (Å²) >= 11 is 0. The lowest BCUT2D eigenvalue weighted by Crippen LogP contribution is -2.34. The highest BCUT2D eigenvalue weighted by atomic mass is 15.1. The molecule has 1 heteroatoms. The molecule has 0 aliphatic rings. The van der Waals surface area contributed by atoms with Crippen molar-refractivity contribution >= 4 is 0 Å². The molecule has 0 amide bonds. The second kappa shape index (κ2) is 11.6. The number of nitrogens with zero attached hydrogens (tertiary/aromatic N) is 1. The molecular formula is C19H41N. The minimum atomic E-state index is 0.537. The van der Waals surface area contributed by atoms with Crippen LogP contribution in [0.1, 0.15) is 92.4 Å². The van der Waals surface area contributed by atoms with Gasteiger partial charge in [0.15, 0.2) is 0 Å². The Kier molecular flexibility index (Phi) is 11.6. The van der Waals surface area contributed by atoms with Crippen LogP contribution in [-0.2, 0) is 0 Å². The van der Waals surface area contributed by atoms with Gasteiger partial charge in [-0.05, 0) is 44.2 Å². The summed E-state index contributed by atoms with van der Waals surface area (Å²) in [6.07, 6.45) is 12.5. The molecular weight excluding hydrogens is 242 g/mol. The molecule has 122 valence electrons. The Labute approximate surface area is 129 Å². The third-order valence-electron chi connectivity index (χ3n) is 4.51. The highest BCUT2D eigenvalue weighted by molar-refractivity contribution is 4.78. The molecule has 0 aromatic carbocycles. The van der Waals surface area contributed by atoms with E-state index >= 15 is 0 Å². The van der Waals surface area contributed by atoms with Crippen molar-refractivity contribution in [3.63, 3.8) is 0 Å². The number of hydrogen-bond donors (Lipinski definition) is 0. The Bertz CT molecular complexity index is 212. The van der Waals surface area contributed by atoms with Crippen molar-refractivity contribution in [2.24, 2.45) is 11.3 Å². The van der Waals surface area contributed by atoms with Gasteiger partial charge in [0, 0.05) is 6.54 Å². The monoisotopic (exact) mass is 283 g/mol. The maximum atomic E-state index is 2.58.